The van der Waals surface area contributed by atoms with Crippen LogP contribution in [0.15, 0.2) is 60.7 Å². The molecule has 0 amide bonds. The molecule has 0 aliphatic carbocycles. The summed E-state index contributed by atoms with van der Waals surface area (Å²) in [6, 6.07) is 12.4. The summed E-state index contributed by atoms with van der Waals surface area (Å²) in [5.74, 6) is 0.374. The fraction of sp³-hybridized carbons (Fsp3) is 0.280. The van der Waals surface area contributed by atoms with Crippen LogP contribution in [0.5, 0.6) is 23.0 Å². The Bertz CT molecular complexity index is 1060. The molecule has 0 unspecified atom stereocenters. The van der Waals surface area contributed by atoms with Gasteiger partial charge in [0.25, 0.3) is 0 Å². The van der Waals surface area contributed by atoms with Crippen molar-refractivity contribution in [1.82, 2.24) is 0 Å². The number of hydrogen-bond acceptors (Lipinski definition) is 5. The van der Waals surface area contributed by atoms with Gasteiger partial charge in [-0.3, -0.25) is 0 Å². The van der Waals surface area contributed by atoms with E-state index < -0.39 is 23.5 Å². The van der Waals surface area contributed by atoms with Gasteiger partial charge in [-0.2, -0.15) is 26.3 Å². The summed E-state index contributed by atoms with van der Waals surface area (Å²) in [6.07, 6.45) is -8.24. The van der Waals surface area contributed by atoms with Crippen LogP contribution in [0.3, 0.4) is 0 Å². The lowest BCUT2D eigenvalue weighted by molar-refractivity contribution is -0.138. The van der Waals surface area contributed by atoms with Gasteiger partial charge in [0.15, 0.2) is 0 Å². The number of aryl methyl sites for hydroxylation is 1. The van der Waals surface area contributed by atoms with Crippen LogP contribution in [0.25, 0.3) is 0 Å². The molecule has 3 rings (SSSR count). The van der Waals surface area contributed by atoms with E-state index in [1.807, 2.05) is 0 Å². The molecule has 3 aromatic carbocycles. The highest BCUT2D eigenvalue weighted by atomic mass is 19.4. The Morgan fingerprint density at radius 1 is 0.639 bits per heavy atom. The number of alkyl halides is 6. The van der Waals surface area contributed by atoms with Crippen molar-refractivity contribution in [2.45, 2.75) is 25.2 Å². The lowest BCUT2D eigenvalue weighted by Crippen LogP contribution is -2.14. The molecule has 0 bridgehead atoms. The fourth-order valence-electron chi connectivity index (χ4n) is 3.32. The third-order valence-electron chi connectivity index (χ3n) is 4.97. The number of benzene rings is 3. The van der Waals surface area contributed by atoms with Gasteiger partial charge in [0.2, 0.25) is 0 Å². The molecule has 5 N–H and O–H groups in total. The van der Waals surface area contributed by atoms with Crippen molar-refractivity contribution >= 4 is 5.69 Å². The van der Waals surface area contributed by atoms with E-state index in [-0.39, 0.29) is 41.8 Å². The molecule has 5 nitrogen and oxygen atoms in total. The van der Waals surface area contributed by atoms with Crippen LogP contribution in [0.1, 0.15) is 23.1 Å². The Kier molecular flexibility index (Phi) is 8.70. The molecule has 0 atom stereocenters. The molecule has 3 aromatic rings. The van der Waals surface area contributed by atoms with Gasteiger partial charge in [0.1, 0.15) is 23.0 Å². The SMILES string of the molecule is NCCCc1cc(Oc2ccc(Oc3cc(NCCN)cc(C(F)(F)F)c3)cc2)cc(C(F)(F)F)c1. The van der Waals surface area contributed by atoms with Gasteiger partial charge < -0.3 is 26.3 Å². The first-order chi connectivity index (χ1) is 17.0. The minimum atomic E-state index is -4.58. The number of nitrogens with one attached hydrogen (secondary N) is 1. The van der Waals surface area contributed by atoms with Crippen LogP contribution in [-0.4, -0.2) is 19.6 Å². The quantitative estimate of drug-likeness (QED) is 0.267. The Hall–Kier alpha value is -3.44. The number of anilines is 1. The number of halogens is 6. The van der Waals surface area contributed by atoms with Crippen LogP contribution in [0.4, 0.5) is 32.0 Å². The maximum atomic E-state index is 13.3. The number of rotatable bonds is 10. The first-order valence-corrected chi connectivity index (χ1v) is 11.0. The highest BCUT2D eigenvalue weighted by Crippen LogP contribution is 2.37. The average Bonchev–Trinajstić information content (AvgIpc) is 2.81. The molecule has 36 heavy (non-hydrogen) atoms. The molecule has 0 spiro atoms. The molecular weight excluding hydrogens is 488 g/mol. The molecule has 0 aliphatic rings. The van der Waals surface area contributed by atoms with E-state index in [0.717, 1.165) is 24.3 Å². The van der Waals surface area contributed by atoms with Crippen LogP contribution in [0, 0.1) is 0 Å². The first-order valence-electron chi connectivity index (χ1n) is 11.0. The lowest BCUT2D eigenvalue weighted by atomic mass is 10.1. The summed E-state index contributed by atoms with van der Waals surface area (Å²) in [6.45, 7) is 0.842. The van der Waals surface area contributed by atoms with Crippen molar-refractivity contribution in [2.24, 2.45) is 11.5 Å². The summed E-state index contributed by atoms with van der Waals surface area (Å²) in [5, 5.41) is 2.79. The van der Waals surface area contributed by atoms with Gasteiger partial charge >= 0.3 is 12.4 Å². The van der Waals surface area contributed by atoms with E-state index >= 15 is 0 Å². The predicted molar refractivity (Wildman–Crippen MR) is 124 cm³/mol. The topological polar surface area (TPSA) is 82.5 Å². The van der Waals surface area contributed by atoms with Gasteiger partial charge in [-0.25, -0.2) is 0 Å². The Labute approximate surface area is 204 Å². The summed E-state index contributed by atoms with van der Waals surface area (Å²) < 4.78 is 90.9. The molecule has 194 valence electrons. The van der Waals surface area contributed by atoms with E-state index in [4.69, 9.17) is 20.9 Å². The van der Waals surface area contributed by atoms with Gasteiger partial charge in [-0.15, -0.1) is 0 Å². The standard InChI is InChI=1S/C25H25F6N3O2/c26-24(27,28)17-10-16(2-1-7-32)11-22(13-17)35-20-3-5-21(6-4-20)36-23-14-18(25(29,30)31)12-19(15-23)34-9-8-33/h3-6,10-15,34H,1-2,7-9,32-33H2. The van der Waals surface area contributed by atoms with Crippen molar-refractivity contribution in [1.29, 1.82) is 0 Å². The fourth-order valence-corrected chi connectivity index (χ4v) is 3.32. The smallest absolute Gasteiger partial charge is 0.416 e. The third kappa shape index (κ3) is 7.79. The van der Waals surface area contributed by atoms with Crippen molar-refractivity contribution < 1.29 is 35.8 Å². The van der Waals surface area contributed by atoms with Crippen molar-refractivity contribution in [2.75, 3.05) is 25.0 Å². The number of hydrogen-bond donors (Lipinski definition) is 3. The molecule has 0 saturated heterocycles. The minimum absolute atomic E-state index is 0.000914. The van der Waals surface area contributed by atoms with Gasteiger partial charge in [0, 0.05) is 24.8 Å². The molecule has 11 heteroatoms. The number of nitrogens with two attached hydrogens (primary N) is 2. The van der Waals surface area contributed by atoms with Crippen LogP contribution in [-0.2, 0) is 18.8 Å². The predicted octanol–water partition coefficient (Wildman–Crippen LogP) is 6.57. The Balaban J connectivity index is 1.79. The van der Waals surface area contributed by atoms with Crippen LogP contribution in [0.2, 0.25) is 0 Å². The summed E-state index contributed by atoms with van der Waals surface area (Å²) in [4.78, 5) is 0. The largest absolute Gasteiger partial charge is 0.457 e. The third-order valence-corrected chi connectivity index (χ3v) is 4.97. The highest BCUT2D eigenvalue weighted by molar-refractivity contribution is 5.53. The van der Waals surface area contributed by atoms with Crippen molar-refractivity contribution in [3.05, 3.63) is 77.4 Å². The molecule has 0 saturated carbocycles. The Morgan fingerprint density at radius 2 is 1.17 bits per heavy atom. The highest BCUT2D eigenvalue weighted by Gasteiger charge is 2.32. The second kappa shape index (κ2) is 11.5. The van der Waals surface area contributed by atoms with Crippen molar-refractivity contribution in [3.8, 4) is 23.0 Å². The van der Waals surface area contributed by atoms with E-state index in [0.29, 0.717) is 24.9 Å². The van der Waals surface area contributed by atoms with Crippen LogP contribution < -0.4 is 26.3 Å². The lowest BCUT2D eigenvalue weighted by Gasteiger charge is -2.15. The van der Waals surface area contributed by atoms with E-state index in [1.54, 1.807) is 0 Å². The average molecular weight is 513 g/mol. The normalized spacial score (nSPS) is 11.9. The monoisotopic (exact) mass is 513 g/mol. The van der Waals surface area contributed by atoms with Crippen molar-refractivity contribution in [3.63, 3.8) is 0 Å². The van der Waals surface area contributed by atoms with Gasteiger partial charge in [-0.1, -0.05) is 0 Å². The molecule has 0 heterocycles. The zero-order valence-electron chi connectivity index (χ0n) is 19.0. The summed E-state index contributed by atoms with van der Waals surface area (Å²) in [5.41, 5.74) is 9.76. The van der Waals surface area contributed by atoms with E-state index in [2.05, 4.69) is 5.32 Å². The number of ether oxygens (including phenoxy) is 2. The van der Waals surface area contributed by atoms with E-state index in [9.17, 15) is 26.3 Å². The van der Waals surface area contributed by atoms with E-state index in [1.165, 1.54) is 36.4 Å². The molecule has 0 aliphatic heterocycles. The Morgan fingerprint density at radius 3 is 1.67 bits per heavy atom. The van der Waals surface area contributed by atoms with Crippen LogP contribution >= 0.6 is 0 Å². The minimum Gasteiger partial charge on any atom is -0.457 e. The molecule has 0 radical (unpaired) electrons. The maximum Gasteiger partial charge on any atom is 0.416 e. The first kappa shape index (κ1) is 27.2. The molecular formula is C25H25F6N3O2. The van der Waals surface area contributed by atoms with Gasteiger partial charge in [-0.05, 0) is 79.5 Å². The molecule has 0 aromatic heterocycles. The summed E-state index contributed by atoms with van der Waals surface area (Å²) in [7, 11) is 0. The second-order valence-electron chi connectivity index (χ2n) is 7.89. The second-order valence-corrected chi connectivity index (χ2v) is 7.89. The zero-order valence-corrected chi connectivity index (χ0v) is 19.0. The zero-order chi connectivity index (χ0) is 26.3. The van der Waals surface area contributed by atoms with Gasteiger partial charge in [0.05, 0.1) is 11.1 Å². The maximum absolute atomic E-state index is 13.3. The molecule has 0 fully saturated rings. The summed E-state index contributed by atoms with van der Waals surface area (Å²) >= 11 is 0.